The Morgan fingerprint density at radius 2 is 2.00 bits per heavy atom. The summed E-state index contributed by atoms with van der Waals surface area (Å²) in [7, 11) is 0. The van der Waals surface area contributed by atoms with Gasteiger partial charge in [0.2, 0.25) is 0 Å². The fourth-order valence-electron chi connectivity index (χ4n) is 3.12. The quantitative estimate of drug-likeness (QED) is 0.490. The van der Waals surface area contributed by atoms with E-state index in [1.807, 2.05) is 60.7 Å². The van der Waals surface area contributed by atoms with Gasteiger partial charge in [0.15, 0.2) is 5.78 Å². The molecule has 0 fully saturated rings. The predicted octanol–water partition coefficient (Wildman–Crippen LogP) is 6.08. The molecule has 1 unspecified atom stereocenters. The van der Waals surface area contributed by atoms with E-state index in [1.165, 1.54) is 11.3 Å². The molecule has 3 aromatic rings. The number of ketones is 1. The van der Waals surface area contributed by atoms with E-state index in [4.69, 9.17) is 16.3 Å². The molecule has 0 aliphatic heterocycles. The van der Waals surface area contributed by atoms with Crippen LogP contribution < -0.4 is 4.74 Å². The number of hydrogen-bond acceptors (Lipinski definition) is 4. The van der Waals surface area contributed by atoms with Gasteiger partial charge in [-0.1, -0.05) is 60.2 Å². The summed E-state index contributed by atoms with van der Waals surface area (Å²) in [6.45, 7) is 0.390. The third-order valence-corrected chi connectivity index (χ3v) is 6.15. The first kappa shape index (κ1) is 19.6. The maximum absolute atomic E-state index is 12.7. The third kappa shape index (κ3) is 4.67. The second-order valence-corrected chi connectivity index (χ2v) is 8.24. The van der Waals surface area contributed by atoms with E-state index in [-0.39, 0.29) is 5.78 Å². The van der Waals surface area contributed by atoms with Gasteiger partial charge in [-0.15, -0.1) is 11.3 Å². The highest BCUT2D eigenvalue weighted by atomic mass is 35.5. The average molecular weight is 423 g/mol. The summed E-state index contributed by atoms with van der Waals surface area (Å²) in [5, 5.41) is 10.4. The monoisotopic (exact) mass is 422 g/mol. The minimum atomic E-state index is -0.592. The van der Waals surface area contributed by atoms with Gasteiger partial charge in [-0.3, -0.25) is 4.79 Å². The van der Waals surface area contributed by atoms with Crippen LogP contribution >= 0.6 is 22.9 Å². The van der Waals surface area contributed by atoms with Gasteiger partial charge in [0.05, 0.1) is 11.0 Å². The summed E-state index contributed by atoms with van der Waals surface area (Å²) in [5.74, 6) is 0.711. The van der Waals surface area contributed by atoms with Gasteiger partial charge in [0, 0.05) is 27.5 Å². The Labute approximate surface area is 178 Å². The van der Waals surface area contributed by atoms with E-state index >= 15 is 0 Å². The summed E-state index contributed by atoms with van der Waals surface area (Å²) in [6.07, 6.45) is 4.96. The molecule has 0 bridgehead atoms. The summed E-state index contributed by atoms with van der Waals surface area (Å²) in [5.41, 5.74) is 2.55. The maximum Gasteiger partial charge on any atom is 0.199 e. The highest BCUT2D eigenvalue weighted by Gasteiger charge is 2.19. The molecule has 3 nitrogen and oxygen atoms in total. The van der Waals surface area contributed by atoms with Crippen molar-refractivity contribution in [3.63, 3.8) is 0 Å². The van der Waals surface area contributed by atoms with E-state index in [0.29, 0.717) is 28.5 Å². The van der Waals surface area contributed by atoms with Gasteiger partial charge in [-0.2, -0.15) is 0 Å². The zero-order chi connectivity index (χ0) is 20.2. The number of benzene rings is 2. The average Bonchev–Trinajstić information content (AvgIpc) is 3.23. The summed E-state index contributed by atoms with van der Waals surface area (Å²) in [4.78, 5) is 14.4. The van der Waals surface area contributed by atoms with Crippen LogP contribution in [0.5, 0.6) is 5.75 Å². The van der Waals surface area contributed by atoms with Crippen LogP contribution in [-0.4, -0.2) is 17.0 Å². The fraction of sp³-hybridized carbons (Fsp3) is 0.125. The van der Waals surface area contributed by atoms with Gasteiger partial charge in [-0.05, 0) is 35.9 Å². The SMILES string of the molecule is O=C(C1=CC=CC(O)C1)c1ccc(-c2cccc(OCc3ccccc3Cl)c2)s1. The predicted molar refractivity (Wildman–Crippen MR) is 118 cm³/mol. The lowest BCUT2D eigenvalue weighted by Gasteiger charge is -2.11. The molecule has 146 valence electrons. The lowest BCUT2D eigenvalue weighted by atomic mass is 9.98. The van der Waals surface area contributed by atoms with Crippen LogP contribution in [-0.2, 0) is 6.61 Å². The molecule has 1 aliphatic rings. The first-order valence-electron chi connectivity index (χ1n) is 9.27. The van der Waals surface area contributed by atoms with Gasteiger partial charge in [0.1, 0.15) is 12.4 Å². The minimum absolute atomic E-state index is 0.0317. The normalized spacial score (nSPS) is 15.8. The molecule has 29 heavy (non-hydrogen) atoms. The van der Waals surface area contributed by atoms with Crippen molar-refractivity contribution >= 4 is 28.7 Å². The van der Waals surface area contributed by atoms with Crippen molar-refractivity contribution in [3.8, 4) is 16.2 Å². The topological polar surface area (TPSA) is 46.5 Å². The minimum Gasteiger partial charge on any atom is -0.489 e. The Balaban J connectivity index is 1.49. The van der Waals surface area contributed by atoms with Crippen molar-refractivity contribution in [2.75, 3.05) is 0 Å². The Morgan fingerprint density at radius 1 is 1.14 bits per heavy atom. The Bertz CT molecular complexity index is 1100. The molecular weight excluding hydrogens is 404 g/mol. The van der Waals surface area contributed by atoms with Gasteiger partial charge in [0.25, 0.3) is 0 Å². The van der Waals surface area contributed by atoms with Crippen molar-refractivity contribution in [3.05, 3.63) is 99.9 Å². The van der Waals surface area contributed by atoms with Crippen LogP contribution in [0.3, 0.4) is 0 Å². The van der Waals surface area contributed by atoms with E-state index in [2.05, 4.69) is 0 Å². The Kier molecular flexibility index (Phi) is 5.95. The summed E-state index contributed by atoms with van der Waals surface area (Å²) >= 11 is 7.63. The summed E-state index contributed by atoms with van der Waals surface area (Å²) in [6, 6.07) is 19.2. The van der Waals surface area contributed by atoms with E-state index in [1.54, 1.807) is 18.2 Å². The van der Waals surface area contributed by atoms with Crippen LogP contribution in [0.15, 0.2) is 84.5 Å². The molecule has 0 saturated heterocycles. The molecule has 0 amide bonds. The molecule has 0 spiro atoms. The number of aliphatic hydroxyl groups is 1. The molecule has 5 heteroatoms. The Morgan fingerprint density at radius 3 is 2.83 bits per heavy atom. The lowest BCUT2D eigenvalue weighted by molar-refractivity contribution is 0.102. The van der Waals surface area contributed by atoms with Crippen LogP contribution in [0.1, 0.15) is 21.7 Å². The molecule has 2 aromatic carbocycles. The number of ether oxygens (including phenoxy) is 1. The molecule has 1 aromatic heterocycles. The number of carbonyl (C=O) groups is 1. The molecular formula is C24H19ClO3S. The zero-order valence-electron chi connectivity index (χ0n) is 15.5. The number of Topliss-reactive ketones (excluding diaryl/α,β-unsaturated/α-hetero) is 1. The van der Waals surface area contributed by atoms with E-state index in [9.17, 15) is 9.90 Å². The second kappa shape index (κ2) is 8.78. The van der Waals surface area contributed by atoms with Crippen molar-refractivity contribution in [1.82, 2.24) is 0 Å². The third-order valence-electron chi connectivity index (χ3n) is 4.65. The van der Waals surface area contributed by atoms with Gasteiger partial charge >= 0.3 is 0 Å². The molecule has 1 N–H and O–H groups in total. The van der Waals surface area contributed by atoms with Crippen molar-refractivity contribution in [2.45, 2.75) is 19.1 Å². The number of aliphatic hydroxyl groups excluding tert-OH is 1. The first-order chi connectivity index (χ1) is 14.1. The molecule has 1 atom stereocenters. The van der Waals surface area contributed by atoms with Crippen molar-refractivity contribution < 1.29 is 14.6 Å². The first-order valence-corrected chi connectivity index (χ1v) is 10.5. The molecule has 1 aliphatic carbocycles. The molecule has 0 saturated carbocycles. The van der Waals surface area contributed by atoms with Crippen LogP contribution in [0.25, 0.3) is 10.4 Å². The second-order valence-electron chi connectivity index (χ2n) is 6.75. The van der Waals surface area contributed by atoms with E-state index < -0.39 is 6.10 Å². The number of rotatable bonds is 6. The number of thiophene rings is 1. The summed E-state index contributed by atoms with van der Waals surface area (Å²) < 4.78 is 5.91. The Hall–Kier alpha value is -2.66. The van der Waals surface area contributed by atoms with E-state index in [0.717, 1.165) is 21.8 Å². The number of hydrogen-bond donors (Lipinski definition) is 1. The van der Waals surface area contributed by atoms with Crippen LogP contribution in [0.4, 0.5) is 0 Å². The van der Waals surface area contributed by atoms with Crippen molar-refractivity contribution in [2.24, 2.45) is 0 Å². The lowest BCUT2D eigenvalue weighted by Crippen LogP contribution is -2.12. The number of carbonyl (C=O) groups excluding carboxylic acids is 1. The maximum atomic E-state index is 12.7. The van der Waals surface area contributed by atoms with Crippen LogP contribution in [0, 0.1) is 0 Å². The number of halogens is 1. The molecule has 4 rings (SSSR count). The van der Waals surface area contributed by atoms with Crippen LogP contribution in [0.2, 0.25) is 5.02 Å². The zero-order valence-corrected chi connectivity index (χ0v) is 17.1. The fourth-order valence-corrected chi connectivity index (χ4v) is 4.29. The molecule has 0 radical (unpaired) electrons. The smallest absolute Gasteiger partial charge is 0.199 e. The highest BCUT2D eigenvalue weighted by molar-refractivity contribution is 7.17. The van der Waals surface area contributed by atoms with Crippen molar-refractivity contribution in [1.29, 1.82) is 0 Å². The standard InChI is InChI=1S/C24H19ClO3S/c25-21-10-2-1-5-18(21)15-28-20-9-4-6-16(14-20)22-11-12-23(29-22)24(27)17-7-3-8-19(26)13-17/h1-12,14,19,26H,13,15H2. The highest BCUT2D eigenvalue weighted by Crippen LogP contribution is 2.32. The van der Waals surface area contributed by atoms with Gasteiger partial charge in [-0.25, -0.2) is 0 Å². The molecule has 1 heterocycles. The number of allylic oxidation sites excluding steroid dienone is 2. The largest absolute Gasteiger partial charge is 0.489 e. The van der Waals surface area contributed by atoms with Gasteiger partial charge < -0.3 is 9.84 Å².